The molecule has 0 amide bonds. The quantitative estimate of drug-likeness (QED) is 0.181. The van der Waals surface area contributed by atoms with Crippen molar-refractivity contribution < 1.29 is 0 Å². The summed E-state index contributed by atoms with van der Waals surface area (Å²) < 4.78 is 4.80. The third-order valence-corrected chi connectivity index (χ3v) is 10.6. The molecule has 2 aromatic heterocycles. The topological polar surface area (TPSA) is 57.4 Å². The Kier molecular flexibility index (Phi) is 7.22. The Bertz CT molecular complexity index is 3080. The van der Waals surface area contributed by atoms with Gasteiger partial charge in [0.25, 0.3) is 0 Å². The molecular weight excluding hydrogens is 657 g/mol. The third-order valence-electron chi connectivity index (χ3n) is 10.6. The Hall–Kier alpha value is -7.66. The first-order valence-electron chi connectivity index (χ1n) is 18.0. The number of para-hydroxylation sites is 5. The highest BCUT2D eigenvalue weighted by molar-refractivity contribution is 6.11. The van der Waals surface area contributed by atoms with Gasteiger partial charge in [0.15, 0.2) is 0 Å². The molecule has 4 nitrogen and oxygen atoms in total. The summed E-state index contributed by atoms with van der Waals surface area (Å²) in [5, 5.41) is 24.1. The van der Waals surface area contributed by atoms with Crippen molar-refractivity contribution in [2.24, 2.45) is 0 Å². The van der Waals surface area contributed by atoms with Crippen LogP contribution in [0.2, 0.25) is 0 Å². The van der Waals surface area contributed by atoms with Crippen LogP contribution in [0.5, 0.6) is 0 Å². The van der Waals surface area contributed by atoms with Crippen molar-refractivity contribution in [3.8, 4) is 56.9 Å². The van der Waals surface area contributed by atoms with E-state index < -0.39 is 0 Å². The molecule has 0 saturated carbocycles. The molecule has 10 aromatic rings. The SMILES string of the molecule is N#Cc1ccc(-c2ccc(-c3c(-c4ccccc4-n4c5ccccc5c5ccccc54)cccc3-n3c4ccccc4c4ccccc43)cc2)cc1C#N. The lowest BCUT2D eigenvalue weighted by atomic mass is 9.90. The van der Waals surface area contributed by atoms with Gasteiger partial charge in [0.05, 0.1) is 44.6 Å². The molecule has 0 aliphatic rings. The minimum Gasteiger partial charge on any atom is -0.309 e. The van der Waals surface area contributed by atoms with Crippen molar-refractivity contribution in [3.63, 3.8) is 0 Å². The van der Waals surface area contributed by atoms with Gasteiger partial charge in [-0.25, -0.2) is 0 Å². The van der Waals surface area contributed by atoms with Crippen LogP contribution in [0.4, 0.5) is 0 Å². The summed E-state index contributed by atoms with van der Waals surface area (Å²) in [5.41, 5.74) is 13.8. The van der Waals surface area contributed by atoms with Crippen molar-refractivity contribution >= 4 is 43.6 Å². The number of benzene rings is 8. The maximum Gasteiger partial charge on any atom is 0.101 e. The summed E-state index contributed by atoms with van der Waals surface area (Å²) in [5.74, 6) is 0. The van der Waals surface area contributed by atoms with Gasteiger partial charge >= 0.3 is 0 Å². The Labute approximate surface area is 312 Å². The zero-order valence-corrected chi connectivity index (χ0v) is 29.1. The van der Waals surface area contributed by atoms with Crippen molar-refractivity contribution in [2.75, 3.05) is 0 Å². The fourth-order valence-electron chi connectivity index (χ4n) is 8.26. The molecule has 0 N–H and O–H groups in total. The minimum atomic E-state index is 0.375. The molecule has 0 atom stereocenters. The van der Waals surface area contributed by atoms with E-state index in [0.29, 0.717) is 11.1 Å². The second kappa shape index (κ2) is 12.5. The average Bonchev–Trinajstić information content (AvgIpc) is 3.76. The van der Waals surface area contributed by atoms with E-state index in [1.54, 1.807) is 12.1 Å². The molecule has 0 radical (unpaired) electrons. The van der Waals surface area contributed by atoms with Crippen LogP contribution in [0.3, 0.4) is 0 Å². The van der Waals surface area contributed by atoms with E-state index in [2.05, 4.69) is 185 Å². The standard InChI is InChI=1S/C50H30N4/c51-31-36-29-28-35(30-37(36)32-52)33-24-26-34(27-25-33)50-43(17-11-23-49(50)54-46-20-8-3-14-40(46)41-15-4-9-21-47(41)54)42-16-5-10-22-48(42)53-44-18-6-1-12-38(44)39-13-2-7-19-45(39)53/h1-30H. The molecular formula is C50H30N4. The highest BCUT2D eigenvalue weighted by Gasteiger charge is 2.22. The maximum atomic E-state index is 9.73. The summed E-state index contributed by atoms with van der Waals surface area (Å²) >= 11 is 0. The van der Waals surface area contributed by atoms with Crippen molar-refractivity contribution in [2.45, 2.75) is 0 Å². The fourth-order valence-corrected chi connectivity index (χ4v) is 8.26. The highest BCUT2D eigenvalue weighted by atomic mass is 15.0. The monoisotopic (exact) mass is 686 g/mol. The lowest BCUT2D eigenvalue weighted by Gasteiger charge is -2.21. The first kappa shape index (κ1) is 31.1. The molecule has 250 valence electrons. The molecule has 0 bridgehead atoms. The van der Waals surface area contributed by atoms with Gasteiger partial charge in [-0.2, -0.15) is 10.5 Å². The van der Waals surface area contributed by atoms with Gasteiger partial charge in [-0.1, -0.05) is 133 Å². The molecule has 8 aromatic carbocycles. The molecule has 0 spiro atoms. The number of nitrogens with zero attached hydrogens (tertiary/aromatic N) is 4. The molecule has 54 heavy (non-hydrogen) atoms. The molecule has 0 saturated heterocycles. The highest BCUT2D eigenvalue weighted by Crippen LogP contribution is 2.44. The van der Waals surface area contributed by atoms with Crippen LogP contribution in [0.1, 0.15) is 11.1 Å². The first-order chi connectivity index (χ1) is 26.7. The van der Waals surface area contributed by atoms with Crippen LogP contribution < -0.4 is 0 Å². The van der Waals surface area contributed by atoms with Crippen LogP contribution >= 0.6 is 0 Å². The predicted molar refractivity (Wildman–Crippen MR) is 221 cm³/mol. The van der Waals surface area contributed by atoms with E-state index in [1.165, 1.54) is 21.5 Å². The van der Waals surface area contributed by atoms with Gasteiger partial charge < -0.3 is 9.13 Å². The van der Waals surface area contributed by atoms with E-state index in [1.807, 2.05) is 6.07 Å². The average molecular weight is 687 g/mol. The first-order valence-corrected chi connectivity index (χ1v) is 18.0. The van der Waals surface area contributed by atoms with Crippen LogP contribution in [0.15, 0.2) is 182 Å². The number of aromatic nitrogens is 2. The Morgan fingerprint density at radius 2 is 0.759 bits per heavy atom. The van der Waals surface area contributed by atoms with Crippen molar-refractivity contribution in [1.29, 1.82) is 10.5 Å². The fraction of sp³-hybridized carbons (Fsp3) is 0. The summed E-state index contributed by atoms with van der Waals surface area (Å²) in [6, 6.07) is 68.3. The Morgan fingerprint density at radius 1 is 0.333 bits per heavy atom. The molecule has 0 aliphatic carbocycles. The van der Waals surface area contributed by atoms with Crippen LogP contribution in [0.25, 0.3) is 88.4 Å². The number of nitriles is 2. The molecule has 10 rings (SSSR count). The smallest absolute Gasteiger partial charge is 0.101 e. The summed E-state index contributed by atoms with van der Waals surface area (Å²) in [6.45, 7) is 0. The zero-order valence-electron chi connectivity index (χ0n) is 29.1. The van der Waals surface area contributed by atoms with E-state index in [-0.39, 0.29) is 0 Å². The van der Waals surface area contributed by atoms with E-state index in [0.717, 1.165) is 66.8 Å². The minimum absolute atomic E-state index is 0.375. The van der Waals surface area contributed by atoms with E-state index in [9.17, 15) is 10.5 Å². The second-order valence-electron chi connectivity index (χ2n) is 13.5. The number of hydrogen-bond donors (Lipinski definition) is 0. The van der Waals surface area contributed by atoms with Gasteiger partial charge in [-0.05, 0) is 70.8 Å². The number of rotatable bonds is 5. The van der Waals surface area contributed by atoms with E-state index in [4.69, 9.17) is 0 Å². The zero-order chi connectivity index (χ0) is 36.2. The van der Waals surface area contributed by atoms with Crippen molar-refractivity contribution in [1.82, 2.24) is 9.13 Å². The van der Waals surface area contributed by atoms with Gasteiger partial charge in [0.1, 0.15) is 12.1 Å². The summed E-state index contributed by atoms with van der Waals surface area (Å²) in [6.07, 6.45) is 0. The largest absolute Gasteiger partial charge is 0.309 e. The van der Waals surface area contributed by atoms with Crippen LogP contribution in [-0.4, -0.2) is 9.13 Å². The third kappa shape index (κ3) is 4.76. The molecule has 0 unspecified atom stereocenters. The van der Waals surface area contributed by atoms with Gasteiger partial charge in [-0.15, -0.1) is 0 Å². The molecule has 2 heterocycles. The van der Waals surface area contributed by atoms with Gasteiger partial charge in [0.2, 0.25) is 0 Å². The Balaban J connectivity index is 1.26. The number of hydrogen-bond acceptors (Lipinski definition) is 2. The lowest BCUT2D eigenvalue weighted by molar-refractivity contribution is 1.17. The van der Waals surface area contributed by atoms with Crippen LogP contribution in [0, 0.1) is 22.7 Å². The predicted octanol–water partition coefficient (Wildman–Crippen LogP) is 12.6. The van der Waals surface area contributed by atoms with Gasteiger partial charge in [-0.3, -0.25) is 0 Å². The van der Waals surface area contributed by atoms with Crippen LogP contribution in [-0.2, 0) is 0 Å². The molecule has 4 heteroatoms. The summed E-state index contributed by atoms with van der Waals surface area (Å²) in [4.78, 5) is 0. The van der Waals surface area contributed by atoms with E-state index >= 15 is 0 Å². The van der Waals surface area contributed by atoms with Crippen molar-refractivity contribution in [3.05, 3.63) is 193 Å². The maximum absolute atomic E-state index is 9.73. The summed E-state index contributed by atoms with van der Waals surface area (Å²) in [7, 11) is 0. The number of fused-ring (bicyclic) bond motifs is 6. The molecule has 0 fully saturated rings. The second-order valence-corrected chi connectivity index (χ2v) is 13.5. The lowest BCUT2D eigenvalue weighted by Crippen LogP contribution is -2.02. The molecule has 0 aliphatic heterocycles. The normalized spacial score (nSPS) is 11.3. The van der Waals surface area contributed by atoms with Gasteiger partial charge in [0, 0.05) is 32.7 Å². The Morgan fingerprint density at radius 3 is 1.31 bits per heavy atom.